The lowest BCUT2D eigenvalue weighted by molar-refractivity contribution is -0.145. The van der Waals surface area contributed by atoms with Gasteiger partial charge in [0, 0.05) is 24.4 Å². The fourth-order valence-corrected chi connectivity index (χ4v) is 5.67. The molecule has 29 heavy (non-hydrogen) atoms. The number of carbonyl (C=O) groups excluding carboxylic acids is 1. The predicted molar refractivity (Wildman–Crippen MR) is 108 cm³/mol. The van der Waals surface area contributed by atoms with Crippen LogP contribution >= 0.6 is 11.6 Å². The molecule has 1 amide bonds. The molecule has 0 aromatic heterocycles. The zero-order valence-corrected chi connectivity index (χ0v) is 17.5. The third kappa shape index (κ3) is 3.31. The summed E-state index contributed by atoms with van der Waals surface area (Å²) in [5, 5.41) is 11.3. The monoisotopic (exact) mass is 435 g/mol. The highest BCUT2D eigenvalue weighted by Crippen LogP contribution is 2.46. The number of rotatable bonds is 5. The van der Waals surface area contributed by atoms with Gasteiger partial charge < -0.3 is 14.2 Å². The highest BCUT2D eigenvalue weighted by Gasteiger charge is 2.59. The molecule has 2 aromatic rings. The average Bonchev–Trinajstić information content (AvgIpc) is 3.24. The Balaban J connectivity index is 1.59. The van der Waals surface area contributed by atoms with Gasteiger partial charge in [0.15, 0.2) is 5.60 Å². The van der Waals surface area contributed by atoms with Gasteiger partial charge >= 0.3 is 10.1 Å². The first kappa shape index (κ1) is 20.2. The SMILES string of the molecule is Cc1ccc(S(=O)(=O)Oc2ccc([C@]3(O)C(=O)N4CCCC4[C@H]3CCl)cc2)cc1. The minimum atomic E-state index is -3.97. The van der Waals surface area contributed by atoms with E-state index in [0.29, 0.717) is 12.1 Å². The number of hydrogen-bond acceptors (Lipinski definition) is 5. The third-order valence-corrected chi connectivity index (χ3v) is 7.46. The number of aryl methyl sites for hydroxylation is 1. The van der Waals surface area contributed by atoms with E-state index >= 15 is 0 Å². The molecule has 4 rings (SSSR count). The Bertz CT molecular complexity index is 1020. The van der Waals surface area contributed by atoms with Crippen LogP contribution in [0.3, 0.4) is 0 Å². The van der Waals surface area contributed by atoms with Crippen LogP contribution in [0.1, 0.15) is 24.0 Å². The number of halogens is 1. The molecule has 0 aliphatic carbocycles. The number of aliphatic hydroxyl groups is 1. The molecule has 2 aliphatic heterocycles. The number of carbonyl (C=O) groups is 1. The second-order valence-corrected chi connectivity index (χ2v) is 9.47. The van der Waals surface area contributed by atoms with Gasteiger partial charge in [0.05, 0.1) is 0 Å². The largest absolute Gasteiger partial charge is 0.379 e. The lowest BCUT2D eigenvalue weighted by Gasteiger charge is -2.28. The van der Waals surface area contributed by atoms with E-state index in [1.54, 1.807) is 17.0 Å². The molecule has 2 heterocycles. The summed E-state index contributed by atoms with van der Waals surface area (Å²) in [4.78, 5) is 14.7. The maximum Gasteiger partial charge on any atom is 0.339 e. The van der Waals surface area contributed by atoms with Crippen LogP contribution in [0.15, 0.2) is 53.4 Å². The molecule has 0 saturated carbocycles. The van der Waals surface area contributed by atoms with Crippen molar-refractivity contribution in [2.24, 2.45) is 5.92 Å². The molecule has 0 bridgehead atoms. The van der Waals surface area contributed by atoms with Gasteiger partial charge in [-0.1, -0.05) is 29.8 Å². The zero-order chi connectivity index (χ0) is 20.8. The number of alkyl halides is 1. The van der Waals surface area contributed by atoms with E-state index in [9.17, 15) is 18.3 Å². The van der Waals surface area contributed by atoms with E-state index < -0.39 is 21.6 Å². The van der Waals surface area contributed by atoms with Crippen LogP contribution in [0.5, 0.6) is 5.75 Å². The number of benzene rings is 2. The first-order valence-electron chi connectivity index (χ1n) is 9.48. The summed E-state index contributed by atoms with van der Waals surface area (Å²) >= 11 is 6.13. The van der Waals surface area contributed by atoms with Crippen LogP contribution < -0.4 is 4.18 Å². The second kappa shape index (κ2) is 7.31. The standard InChI is InChI=1S/C21H22ClNO5S/c1-14-4-10-17(11-5-14)29(26,27)28-16-8-6-15(7-9-16)21(25)18(13-22)19-3-2-12-23(19)20(21)24/h4-11,18-19,25H,2-3,12-13H2,1H3/t18-,19?,21-/m1/s1. The van der Waals surface area contributed by atoms with Crippen LogP contribution in [0.2, 0.25) is 0 Å². The maximum absolute atomic E-state index is 12.9. The molecule has 0 radical (unpaired) electrons. The normalized spacial score (nSPS) is 26.6. The van der Waals surface area contributed by atoms with Crippen molar-refractivity contribution in [3.05, 3.63) is 59.7 Å². The molecule has 1 unspecified atom stereocenters. The van der Waals surface area contributed by atoms with E-state index in [2.05, 4.69) is 0 Å². The van der Waals surface area contributed by atoms with Crippen molar-refractivity contribution in [1.29, 1.82) is 0 Å². The van der Waals surface area contributed by atoms with Gasteiger partial charge in [-0.3, -0.25) is 4.79 Å². The van der Waals surface area contributed by atoms with Gasteiger partial charge in [-0.25, -0.2) is 0 Å². The van der Waals surface area contributed by atoms with E-state index in [1.165, 1.54) is 36.4 Å². The number of fused-ring (bicyclic) bond motifs is 1. The van der Waals surface area contributed by atoms with Gasteiger partial charge in [0.2, 0.25) is 0 Å². The maximum atomic E-state index is 12.9. The molecular weight excluding hydrogens is 414 g/mol. The fraction of sp³-hybridized carbons (Fsp3) is 0.381. The topological polar surface area (TPSA) is 83.9 Å². The molecule has 154 valence electrons. The Kier molecular flexibility index (Phi) is 5.09. The zero-order valence-electron chi connectivity index (χ0n) is 15.9. The number of nitrogens with zero attached hydrogens (tertiary/aromatic N) is 1. The van der Waals surface area contributed by atoms with Crippen LogP contribution in [-0.4, -0.2) is 42.8 Å². The third-order valence-electron chi connectivity index (χ3n) is 5.86. The van der Waals surface area contributed by atoms with E-state index in [1.807, 2.05) is 6.92 Å². The van der Waals surface area contributed by atoms with Crippen molar-refractivity contribution in [2.45, 2.75) is 36.3 Å². The molecule has 3 atom stereocenters. The lowest BCUT2D eigenvalue weighted by atomic mass is 9.80. The summed E-state index contributed by atoms with van der Waals surface area (Å²) in [6, 6.07) is 12.2. The highest BCUT2D eigenvalue weighted by atomic mass is 35.5. The Morgan fingerprint density at radius 3 is 2.45 bits per heavy atom. The minimum absolute atomic E-state index is 0.0552. The summed E-state index contributed by atoms with van der Waals surface area (Å²) in [7, 11) is -3.97. The summed E-state index contributed by atoms with van der Waals surface area (Å²) in [5.74, 6) is -0.496. The molecule has 2 aliphatic rings. The molecular formula is C21H22ClNO5S. The fourth-order valence-electron chi connectivity index (χ4n) is 4.32. The van der Waals surface area contributed by atoms with Gasteiger partial charge in [0.25, 0.3) is 5.91 Å². The van der Waals surface area contributed by atoms with E-state index in [0.717, 1.165) is 18.4 Å². The molecule has 8 heteroatoms. The van der Waals surface area contributed by atoms with Gasteiger partial charge in [-0.05, 0) is 49.6 Å². The van der Waals surface area contributed by atoms with Crippen molar-refractivity contribution in [1.82, 2.24) is 4.90 Å². The van der Waals surface area contributed by atoms with Crippen LogP contribution in [-0.2, 0) is 20.5 Å². The summed E-state index contributed by atoms with van der Waals surface area (Å²) in [6.07, 6.45) is 1.73. The summed E-state index contributed by atoms with van der Waals surface area (Å²) < 4.78 is 30.1. The molecule has 0 spiro atoms. The first-order chi connectivity index (χ1) is 13.8. The Morgan fingerprint density at radius 2 is 1.83 bits per heavy atom. The highest BCUT2D eigenvalue weighted by molar-refractivity contribution is 7.87. The Labute approximate surface area is 175 Å². The molecule has 2 saturated heterocycles. The lowest BCUT2D eigenvalue weighted by Crippen LogP contribution is -2.41. The number of hydrogen-bond donors (Lipinski definition) is 1. The Hall–Kier alpha value is -2.09. The summed E-state index contributed by atoms with van der Waals surface area (Å²) in [6.45, 7) is 2.49. The second-order valence-electron chi connectivity index (χ2n) is 7.61. The van der Waals surface area contributed by atoms with Gasteiger partial charge in [0.1, 0.15) is 10.6 Å². The van der Waals surface area contributed by atoms with Gasteiger partial charge in [-0.15, -0.1) is 11.6 Å². The summed E-state index contributed by atoms with van der Waals surface area (Å²) in [5.41, 5.74) is -0.374. The van der Waals surface area contributed by atoms with Crippen molar-refractivity contribution in [3.8, 4) is 5.75 Å². The number of amides is 1. The van der Waals surface area contributed by atoms with Crippen molar-refractivity contribution < 1.29 is 22.5 Å². The smallest absolute Gasteiger partial charge is 0.339 e. The predicted octanol–water partition coefficient (Wildman–Crippen LogP) is 2.81. The van der Waals surface area contributed by atoms with Crippen LogP contribution in [0, 0.1) is 12.8 Å². The molecule has 1 N–H and O–H groups in total. The van der Waals surface area contributed by atoms with Gasteiger partial charge in [-0.2, -0.15) is 8.42 Å². The van der Waals surface area contributed by atoms with Crippen molar-refractivity contribution in [2.75, 3.05) is 12.4 Å². The quantitative estimate of drug-likeness (QED) is 0.576. The first-order valence-corrected chi connectivity index (χ1v) is 11.4. The minimum Gasteiger partial charge on any atom is -0.379 e. The Morgan fingerprint density at radius 1 is 1.17 bits per heavy atom. The van der Waals surface area contributed by atoms with Crippen molar-refractivity contribution in [3.63, 3.8) is 0 Å². The van der Waals surface area contributed by atoms with Crippen LogP contribution in [0.25, 0.3) is 0 Å². The van der Waals surface area contributed by atoms with Crippen LogP contribution in [0.4, 0.5) is 0 Å². The van der Waals surface area contributed by atoms with Crippen molar-refractivity contribution >= 4 is 27.6 Å². The molecule has 2 aromatic carbocycles. The molecule has 2 fully saturated rings. The molecule has 6 nitrogen and oxygen atoms in total. The average molecular weight is 436 g/mol. The van der Waals surface area contributed by atoms with E-state index in [-0.39, 0.29) is 28.5 Å². The van der Waals surface area contributed by atoms with E-state index in [4.69, 9.17) is 15.8 Å².